The summed E-state index contributed by atoms with van der Waals surface area (Å²) in [6.07, 6.45) is 0. The van der Waals surface area contributed by atoms with Crippen LogP contribution < -0.4 is 5.43 Å². The van der Waals surface area contributed by atoms with Crippen LogP contribution in [0.5, 0.6) is 0 Å². The predicted molar refractivity (Wildman–Crippen MR) is 75.8 cm³/mol. The van der Waals surface area contributed by atoms with Gasteiger partial charge in [-0.25, -0.2) is 8.42 Å². The third kappa shape index (κ3) is 3.09. The molecule has 0 unspecified atom stereocenters. The van der Waals surface area contributed by atoms with Crippen molar-refractivity contribution < 1.29 is 8.42 Å². The van der Waals surface area contributed by atoms with Gasteiger partial charge in [-0.3, -0.25) is 0 Å². The first kappa shape index (κ1) is 14.3. The van der Waals surface area contributed by atoms with Crippen molar-refractivity contribution in [1.82, 2.24) is 0 Å². The molecule has 2 aromatic carbocycles. The number of nitrogens with one attached hydrogen (secondary N) is 1. The Hall–Kier alpha value is -3.08. The van der Waals surface area contributed by atoms with Crippen molar-refractivity contribution in [2.45, 2.75) is 9.79 Å². The number of azide groups is 1. The SMILES string of the molecule is N#[N+]Nc1ccc(S(=O)(=O)c2ccc(N=[N+]=[N-])cc2)cc1. The molecule has 0 heterocycles. The fraction of sp³-hybridized carbons (Fsp3) is 0. The number of benzene rings is 2. The topological polar surface area (TPSA) is 123 Å². The van der Waals surface area contributed by atoms with Crippen molar-refractivity contribution in [3.8, 4) is 0 Å². The minimum atomic E-state index is -3.66. The van der Waals surface area contributed by atoms with Crippen LogP contribution >= 0.6 is 0 Å². The van der Waals surface area contributed by atoms with Crippen LogP contribution in [0.3, 0.4) is 0 Å². The maximum atomic E-state index is 12.4. The molecule has 2 aromatic rings. The highest BCUT2D eigenvalue weighted by molar-refractivity contribution is 7.91. The van der Waals surface area contributed by atoms with Gasteiger partial charge in [0, 0.05) is 10.6 Å². The molecule has 1 N–H and O–H groups in total. The van der Waals surface area contributed by atoms with E-state index in [1.165, 1.54) is 48.5 Å². The van der Waals surface area contributed by atoms with Gasteiger partial charge in [0.1, 0.15) is 5.69 Å². The third-order valence-electron chi connectivity index (χ3n) is 2.65. The first-order valence-electron chi connectivity index (χ1n) is 5.68. The molecule has 0 aromatic heterocycles. The predicted octanol–water partition coefficient (Wildman–Crippen LogP) is 3.64. The molecule has 0 amide bonds. The lowest BCUT2D eigenvalue weighted by Crippen LogP contribution is -2.01. The highest BCUT2D eigenvalue weighted by atomic mass is 32.2. The summed E-state index contributed by atoms with van der Waals surface area (Å²) >= 11 is 0. The molecule has 104 valence electrons. The fourth-order valence-corrected chi connectivity index (χ4v) is 2.91. The lowest BCUT2D eigenvalue weighted by Gasteiger charge is -2.04. The number of sulfone groups is 1. The Morgan fingerprint density at radius 1 is 1.00 bits per heavy atom. The molecule has 9 heteroatoms. The molecule has 0 aliphatic rings. The molecule has 0 spiro atoms. The Kier molecular flexibility index (Phi) is 4.04. The highest BCUT2D eigenvalue weighted by Gasteiger charge is 2.17. The van der Waals surface area contributed by atoms with Gasteiger partial charge in [0.2, 0.25) is 9.84 Å². The largest absolute Gasteiger partial charge is 0.308 e. The van der Waals surface area contributed by atoms with E-state index in [4.69, 9.17) is 10.9 Å². The monoisotopic (exact) mass is 301 g/mol. The highest BCUT2D eigenvalue weighted by Crippen LogP contribution is 2.24. The van der Waals surface area contributed by atoms with Crippen LogP contribution in [0.2, 0.25) is 0 Å². The van der Waals surface area contributed by atoms with Gasteiger partial charge in [-0.1, -0.05) is 17.2 Å². The quantitative estimate of drug-likeness (QED) is 0.304. The van der Waals surface area contributed by atoms with Crippen LogP contribution in [-0.4, -0.2) is 8.42 Å². The Labute approximate surface area is 120 Å². The van der Waals surface area contributed by atoms with E-state index in [0.29, 0.717) is 11.4 Å². The molecule has 2 rings (SSSR count). The van der Waals surface area contributed by atoms with Crippen molar-refractivity contribution in [2.75, 3.05) is 5.43 Å². The van der Waals surface area contributed by atoms with Crippen LogP contribution in [0, 0.1) is 5.39 Å². The first-order valence-corrected chi connectivity index (χ1v) is 7.16. The molecule has 0 fully saturated rings. The van der Waals surface area contributed by atoms with E-state index in [0.717, 1.165) is 0 Å². The average molecular weight is 301 g/mol. The summed E-state index contributed by atoms with van der Waals surface area (Å²) < 4.78 is 24.8. The number of anilines is 1. The summed E-state index contributed by atoms with van der Waals surface area (Å²) in [6, 6.07) is 11.3. The van der Waals surface area contributed by atoms with Gasteiger partial charge >= 0.3 is 5.08 Å². The molecular weight excluding hydrogens is 292 g/mol. The molecular formula is C12H9N6O2S+. The molecule has 21 heavy (non-hydrogen) atoms. The van der Waals surface area contributed by atoms with Gasteiger partial charge in [-0.05, 0) is 47.4 Å². The number of nitrogens with zero attached hydrogens (tertiary/aromatic N) is 5. The summed E-state index contributed by atoms with van der Waals surface area (Å²) in [5.41, 5.74) is 11.4. The Bertz CT molecular complexity index is 831. The smallest absolute Gasteiger partial charge is 0.219 e. The molecule has 0 saturated carbocycles. The van der Waals surface area contributed by atoms with E-state index in [-0.39, 0.29) is 9.79 Å². The van der Waals surface area contributed by atoms with Crippen LogP contribution in [0.15, 0.2) is 63.4 Å². The van der Waals surface area contributed by atoms with Crippen LogP contribution in [0.4, 0.5) is 11.4 Å². The van der Waals surface area contributed by atoms with E-state index < -0.39 is 9.84 Å². The van der Waals surface area contributed by atoms with Crippen molar-refractivity contribution in [2.24, 2.45) is 5.11 Å². The first-order chi connectivity index (χ1) is 10.1. The summed E-state index contributed by atoms with van der Waals surface area (Å²) in [4.78, 5) is 2.81. The molecule has 8 nitrogen and oxygen atoms in total. The van der Waals surface area contributed by atoms with Gasteiger partial charge < -0.3 is 0 Å². The summed E-state index contributed by atoms with van der Waals surface area (Å²) in [6.45, 7) is 0. The van der Waals surface area contributed by atoms with E-state index in [1.807, 2.05) is 0 Å². The maximum absolute atomic E-state index is 12.4. The van der Waals surface area contributed by atoms with Gasteiger partial charge in [0.05, 0.1) is 9.79 Å². The summed E-state index contributed by atoms with van der Waals surface area (Å²) in [7, 11) is -3.66. The van der Waals surface area contributed by atoms with E-state index >= 15 is 0 Å². The molecule has 0 saturated heterocycles. The lowest BCUT2D eigenvalue weighted by molar-refractivity contribution is 0.596. The number of rotatable bonds is 4. The van der Waals surface area contributed by atoms with Crippen LogP contribution in [0.25, 0.3) is 15.5 Å². The number of diazo groups is 1. The van der Waals surface area contributed by atoms with Gasteiger partial charge in [0.15, 0.2) is 0 Å². The van der Waals surface area contributed by atoms with Crippen molar-refractivity contribution in [1.29, 1.82) is 5.39 Å². The van der Waals surface area contributed by atoms with E-state index in [1.54, 1.807) is 0 Å². The molecule has 0 atom stereocenters. The minimum Gasteiger partial charge on any atom is -0.219 e. The van der Waals surface area contributed by atoms with E-state index in [2.05, 4.69) is 20.5 Å². The number of hydrogen-bond donors (Lipinski definition) is 1. The minimum absolute atomic E-state index is 0.0898. The standard InChI is InChI=1S/C12H9N6O2S/c13-17-15-9-1-5-11(6-2-9)21(19,20)12-7-3-10(4-8-12)16-18-14/h1-8,15H/q+1. The number of hydrogen-bond acceptors (Lipinski definition) is 5. The van der Waals surface area contributed by atoms with Gasteiger partial charge in [-0.15, -0.1) is 0 Å². The molecule has 0 radical (unpaired) electrons. The lowest BCUT2D eigenvalue weighted by atomic mass is 10.3. The summed E-state index contributed by atoms with van der Waals surface area (Å²) in [5, 5.41) is 14.5. The van der Waals surface area contributed by atoms with Crippen molar-refractivity contribution in [3.05, 3.63) is 64.1 Å². The third-order valence-corrected chi connectivity index (χ3v) is 4.44. The van der Waals surface area contributed by atoms with Crippen molar-refractivity contribution >= 4 is 21.2 Å². The average Bonchev–Trinajstić information content (AvgIpc) is 2.49. The van der Waals surface area contributed by atoms with E-state index in [9.17, 15) is 8.42 Å². The zero-order chi connectivity index (χ0) is 15.3. The zero-order valence-electron chi connectivity index (χ0n) is 10.6. The summed E-state index contributed by atoms with van der Waals surface area (Å²) in [5.74, 6) is 0. The second kappa shape index (κ2) is 5.92. The second-order valence-electron chi connectivity index (χ2n) is 3.92. The van der Waals surface area contributed by atoms with Crippen LogP contribution in [-0.2, 0) is 9.84 Å². The Morgan fingerprint density at radius 2 is 1.52 bits per heavy atom. The second-order valence-corrected chi connectivity index (χ2v) is 5.87. The van der Waals surface area contributed by atoms with Gasteiger partial charge in [-0.2, -0.15) is 0 Å². The Balaban J connectivity index is 2.37. The zero-order valence-corrected chi connectivity index (χ0v) is 11.4. The molecule has 0 aliphatic carbocycles. The molecule has 0 aliphatic heterocycles. The normalized spacial score (nSPS) is 10.2. The molecule has 0 bridgehead atoms. The maximum Gasteiger partial charge on any atom is 0.308 e. The Morgan fingerprint density at radius 3 is 2.00 bits per heavy atom. The van der Waals surface area contributed by atoms with Crippen molar-refractivity contribution in [3.63, 3.8) is 0 Å². The fourth-order valence-electron chi connectivity index (χ4n) is 1.65. The van der Waals surface area contributed by atoms with Gasteiger partial charge in [0.25, 0.3) is 5.39 Å². The van der Waals surface area contributed by atoms with Crippen LogP contribution in [0.1, 0.15) is 0 Å².